The topological polar surface area (TPSA) is 45.9 Å². The molecule has 0 aliphatic carbocycles. The highest BCUT2D eigenvalue weighted by Crippen LogP contribution is 2.28. The molecule has 140 valence electrons. The average molecular weight is 368 g/mol. The zero-order valence-corrected chi connectivity index (χ0v) is 15.4. The number of methoxy groups -OCH3 is 1. The van der Waals surface area contributed by atoms with E-state index in [1.807, 2.05) is 24.3 Å². The van der Waals surface area contributed by atoms with Gasteiger partial charge in [0.05, 0.1) is 7.11 Å². The second-order valence-corrected chi connectivity index (χ2v) is 6.67. The Labute approximate surface area is 156 Å². The Morgan fingerprint density at radius 1 is 1.07 bits per heavy atom. The van der Waals surface area contributed by atoms with Gasteiger partial charge in [-0.1, -0.05) is 0 Å². The SMILES string of the molecule is COc1ccc(N2CCN(C(=O)c3oc4ccc(F)cc4c3C)CC2)cc1. The minimum Gasteiger partial charge on any atom is -0.497 e. The van der Waals surface area contributed by atoms with Gasteiger partial charge in [0.1, 0.15) is 17.1 Å². The Balaban J connectivity index is 1.47. The van der Waals surface area contributed by atoms with Gasteiger partial charge in [-0.25, -0.2) is 4.39 Å². The first-order valence-corrected chi connectivity index (χ1v) is 8.94. The Hall–Kier alpha value is -3.02. The number of fused-ring (bicyclic) bond motifs is 1. The molecule has 0 atom stereocenters. The first-order chi connectivity index (χ1) is 13.1. The smallest absolute Gasteiger partial charge is 0.290 e. The Bertz CT molecular complexity index is 973. The molecule has 0 spiro atoms. The van der Waals surface area contributed by atoms with Crippen LogP contribution in [-0.4, -0.2) is 44.1 Å². The highest BCUT2D eigenvalue weighted by Gasteiger charge is 2.27. The second kappa shape index (κ2) is 6.95. The lowest BCUT2D eigenvalue weighted by atomic mass is 10.1. The van der Waals surface area contributed by atoms with Crippen molar-refractivity contribution in [3.05, 3.63) is 59.6 Å². The lowest BCUT2D eigenvalue weighted by Gasteiger charge is -2.35. The number of ether oxygens (including phenoxy) is 1. The van der Waals surface area contributed by atoms with Crippen LogP contribution in [0.2, 0.25) is 0 Å². The van der Waals surface area contributed by atoms with Gasteiger partial charge < -0.3 is 19.0 Å². The minimum absolute atomic E-state index is 0.140. The van der Waals surface area contributed by atoms with Gasteiger partial charge in [0.25, 0.3) is 5.91 Å². The summed E-state index contributed by atoms with van der Waals surface area (Å²) >= 11 is 0. The van der Waals surface area contributed by atoms with Gasteiger partial charge in [-0.05, 0) is 49.4 Å². The minimum atomic E-state index is -0.335. The van der Waals surface area contributed by atoms with Crippen molar-refractivity contribution >= 4 is 22.6 Å². The molecule has 0 bridgehead atoms. The zero-order valence-electron chi connectivity index (χ0n) is 15.4. The van der Waals surface area contributed by atoms with Crippen LogP contribution in [0.25, 0.3) is 11.0 Å². The summed E-state index contributed by atoms with van der Waals surface area (Å²) in [6.07, 6.45) is 0. The molecule has 27 heavy (non-hydrogen) atoms. The number of benzene rings is 2. The van der Waals surface area contributed by atoms with Gasteiger partial charge in [-0.15, -0.1) is 0 Å². The number of rotatable bonds is 3. The molecule has 0 radical (unpaired) electrons. The van der Waals surface area contributed by atoms with Crippen LogP contribution in [0.5, 0.6) is 5.75 Å². The molecule has 6 heteroatoms. The molecule has 2 heterocycles. The maximum absolute atomic E-state index is 13.5. The van der Waals surface area contributed by atoms with Crippen molar-refractivity contribution in [3.63, 3.8) is 0 Å². The van der Waals surface area contributed by atoms with Gasteiger partial charge >= 0.3 is 0 Å². The second-order valence-electron chi connectivity index (χ2n) is 6.67. The van der Waals surface area contributed by atoms with Crippen molar-refractivity contribution < 1.29 is 18.3 Å². The first kappa shape index (κ1) is 17.4. The summed E-state index contributed by atoms with van der Waals surface area (Å²) in [6.45, 7) is 4.50. The molecule has 0 N–H and O–H groups in total. The van der Waals surface area contributed by atoms with Crippen molar-refractivity contribution in [3.8, 4) is 5.75 Å². The van der Waals surface area contributed by atoms with Crippen molar-refractivity contribution in [2.45, 2.75) is 6.92 Å². The van der Waals surface area contributed by atoms with Crippen LogP contribution in [0.4, 0.5) is 10.1 Å². The Morgan fingerprint density at radius 2 is 1.78 bits per heavy atom. The normalized spacial score (nSPS) is 14.6. The molecule has 4 rings (SSSR count). The summed E-state index contributed by atoms with van der Waals surface area (Å²) in [5.74, 6) is 0.648. The van der Waals surface area contributed by atoms with Crippen LogP contribution in [0, 0.1) is 12.7 Å². The van der Waals surface area contributed by atoms with E-state index in [2.05, 4.69) is 4.90 Å². The monoisotopic (exact) mass is 368 g/mol. The van der Waals surface area contributed by atoms with E-state index in [0.717, 1.165) is 24.5 Å². The van der Waals surface area contributed by atoms with Crippen LogP contribution in [0.15, 0.2) is 46.9 Å². The summed E-state index contributed by atoms with van der Waals surface area (Å²) in [7, 11) is 1.65. The van der Waals surface area contributed by atoms with Gasteiger partial charge in [0, 0.05) is 42.8 Å². The summed E-state index contributed by atoms with van der Waals surface area (Å²) in [6, 6.07) is 12.2. The average Bonchev–Trinajstić information content (AvgIpc) is 3.04. The fraction of sp³-hybridized carbons (Fsp3) is 0.286. The van der Waals surface area contributed by atoms with E-state index in [0.29, 0.717) is 35.4 Å². The molecular weight excluding hydrogens is 347 g/mol. The van der Waals surface area contributed by atoms with Crippen LogP contribution in [-0.2, 0) is 0 Å². The van der Waals surface area contributed by atoms with Crippen molar-refractivity contribution in [1.29, 1.82) is 0 Å². The number of aryl methyl sites for hydroxylation is 1. The van der Waals surface area contributed by atoms with Gasteiger partial charge in [-0.3, -0.25) is 4.79 Å². The van der Waals surface area contributed by atoms with Crippen molar-refractivity contribution in [2.24, 2.45) is 0 Å². The lowest BCUT2D eigenvalue weighted by Crippen LogP contribution is -2.48. The van der Waals surface area contributed by atoms with E-state index in [1.165, 1.54) is 12.1 Å². The molecule has 5 nitrogen and oxygen atoms in total. The van der Waals surface area contributed by atoms with Crippen LogP contribution in [0.1, 0.15) is 16.1 Å². The van der Waals surface area contributed by atoms with Gasteiger partial charge in [-0.2, -0.15) is 0 Å². The quantitative estimate of drug-likeness (QED) is 0.704. The third-order valence-corrected chi connectivity index (χ3v) is 5.10. The number of hydrogen-bond donors (Lipinski definition) is 0. The molecule has 0 unspecified atom stereocenters. The molecular formula is C21H21FN2O3. The number of nitrogens with zero attached hydrogens (tertiary/aromatic N) is 2. The fourth-order valence-electron chi connectivity index (χ4n) is 3.50. The number of carbonyl (C=O) groups excluding carboxylic acids is 1. The van der Waals surface area contributed by atoms with Crippen LogP contribution < -0.4 is 9.64 Å². The third-order valence-electron chi connectivity index (χ3n) is 5.10. The van der Waals surface area contributed by atoms with Crippen molar-refractivity contribution in [2.75, 3.05) is 38.2 Å². The molecule has 3 aromatic rings. The molecule has 2 aromatic carbocycles. The molecule has 0 saturated carbocycles. The Morgan fingerprint density at radius 3 is 2.44 bits per heavy atom. The first-order valence-electron chi connectivity index (χ1n) is 8.94. The van der Waals surface area contributed by atoms with Crippen LogP contribution >= 0.6 is 0 Å². The van der Waals surface area contributed by atoms with E-state index in [9.17, 15) is 9.18 Å². The number of carbonyl (C=O) groups is 1. The lowest BCUT2D eigenvalue weighted by molar-refractivity contribution is 0.0716. The van der Waals surface area contributed by atoms with Gasteiger partial charge in [0.2, 0.25) is 0 Å². The maximum atomic E-state index is 13.5. The third kappa shape index (κ3) is 3.23. The number of furan rings is 1. The molecule has 1 aliphatic heterocycles. The molecule has 1 fully saturated rings. The van der Waals surface area contributed by atoms with Gasteiger partial charge in [0.15, 0.2) is 5.76 Å². The molecule has 1 aromatic heterocycles. The number of anilines is 1. The van der Waals surface area contributed by atoms with Crippen molar-refractivity contribution in [1.82, 2.24) is 4.90 Å². The summed E-state index contributed by atoms with van der Waals surface area (Å²) < 4.78 is 24.4. The predicted octanol–water partition coefficient (Wildman–Crippen LogP) is 3.85. The predicted molar refractivity (Wildman–Crippen MR) is 102 cm³/mol. The molecule has 1 amide bonds. The summed E-state index contributed by atoms with van der Waals surface area (Å²) in [5.41, 5.74) is 2.33. The van der Waals surface area contributed by atoms with E-state index in [1.54, 1.807) is 25.0 Å². The highest BCUT2D eigenvalue weighted by molar-refractivity contribution is 5.99. The maximum Gasteiger partial charge on any atom is 0.290 e. The summed E-state index contributed by atoms with van der Waals surface area (Å²) in [4.78, 5) is 16.9. The van der Waals surface area contributed by atoms with E-state index in [-0.39, 0.29) is 11.7 Å². The number of halogens is 1. The number of piperazine rings is 1. The van der Waals surface area contributed by atoms with E-state index >= 15 is 0 Å². The standard InChI is InChI=1S/C21H21FN2O3/c1-14-18-13-15(22)3-8-19(18)27-20(14)21(25)24-11-9-23(10-12-24)16-4-6-17(26-2)7-5-16/h3-8,13H,9-12H2,1-2H3. The summed E-state index contributed by atoms with van der Waals surface area (Å²) in [5, 5.41) is 0.648. The van der Waals surface area contributed by atoms with Crippen LogP contribution in [0.3, 0.4) is 0 Å². The fourth-order valence-corrected chi connectivity index (χ4v) is 3.50. The largest absolute Gasteiger partial charge is 0.497 e. The molecule has 1 aliphatic rings. The zero-order chi connectivity index (χ0) is 19.0. The highest BCUT2D eigenvalue weighted by atomic mass is 19.1. The molecule has 1 saturated heterocycles. The number of hydrogen-bond acceptors (Lipinski definition) is 4. The number of amides is 1. The van der Waals surface area contributed by atoms with E-state index < -0.39 is 0 Å². The Kier molecular flexibility index (Phi) is 4.48. The van der Waals surface area contributed by atoms with E-state index in [4.69, 9.17) is 9.15 Å².